The second-order valence-electron chi connectivity index (χ2n) is 8.80. The number of pyridine rings is 1. The lowest BCUT2D eigenvalue weighted by Crippen LogP contribution is -2.15. The fraction of sp³-hybridized carbons (Fsp3) is 0.241. The third kappa shape index (κ3) is 4.60. The first-order chi connectivity index (χ1) is 16.6. The average molecular weight is 452 g/mol. The molecule has 1 aromatic heterocycles. The second kappa shape index (κ2) is 9.56. The van der Waals surface area contributed by atoms with E-state index in [-0.39, 0.29) is 5.91 Å². The van der Waals surface area contributed by atoms with Crippen LogP contribution in [0, 0.1) is 6.92 Å². The zero-order chi connectivity index (χ0) is 23.5. The number of carbonyl (C=O) groups is 1. The number of anilines is 3. The van der Waals surface area contributed by atoms with Gasteiger partial charge in [0.2, 0.25) is 0 Å². The maximum atomic E-state index is 12.8. The summed E-state index contributed by atoms with van der Waals surface area (Å²) in [5, 5.41) is 4.14. The summed E-state index contributed by atoms with van der Waals surface area (Å²) in [6, 6.07) is 23.9. The molecule has 5 heteroatoms. The van der Waals surface area contributed by atoms with Gasteiger partial charge in [0.15, 0.2) is 0 Å². The number of rotatable bonds is 7. The van der Waals surface area contributed by atoms with Gasteiger partial charge in [0.25, 0.3) is 5.91 Å². The number of aryl methyl sites for hydroxylation is 1. The zero-order valence-electron chi connectivity index (χ0n) is 19.7. The topological polar surface area (TPSA) is 54.5 Å². The Morgan fingerprint density at radius 3 is 2.59 bits per heavy atom. The number of nitrogens with one attached hydrogen (secondary N) is 1. The van der Waals surface area contributed by atoms with E-state index in [2.05, 4.69) is 48.3 Å². The highest BCUT2D eigenvalue weighted by molar-refractivity contribution is 6.04. The molecule has 1 aliphatic heterocycles. The molecule has 0 unspecified atom stereocenters. The standard InChI is InChI=1S/C29H29N3O2/c1-3-4-17-34-26-13-9-24(10-14-26)30-29(33)21-7-11-25(12-8-21)32-16-15-23-19-22-6-5-20(2)18-27(22)31-28(23)32/h5-14,18-19H,3-4,15-17H2,1-2H3,(H,30,33). The average Bonchev–Trinajstić information content (AvgIpc) is 3.26. The van der Waals surface area contributed by atoms with Crippen molar-refractivity contribution in [3.05, 3.63) is 89.5 Å². The third-order valence-corrected chi connectivity index (χ3v) is 6.21. The molecule has 3 aromatic carbocycles. The monoisotopic (exact) mass is 451 g/mol. The molecule has 5 nitrogen and oxygen atoms in total. The summed E-state index contributed by atoms with van der Waals surface area (Å²) >= 11 is 0. The molecule has 34 heavy (non-hydrogen) atoms. The van der Waals surface area contributed by atoms with Crippen molar-refractivity contribution in [2.45, 2.75) is 33.1 Å². The highest BCUT2D eigenvalue weighted by Crippen LogP contribution is 2.35. The van der Waals surface area contributed by atoms with Crippen LogP contribution in [0.1, 0.15) is 41.3 Å². The minimum absolute atomic E-state index is 0.132. The molecule has 0 saturated heterocycles. The fourth-order valence-electron chi connectivity index (χ4n) is 4.28. The summed E-state index contributed by atoms with van der Waals surface area (Å²) < 4.78 is 5.68. The number of hydrogen-bond acceptors (Lipinski definition) is 4. The van der Waals surface area contributed by atoms with Gasteiger partial charge in [-0.15, -0.1) is 0 Å². The van der Waals surface area contributed by atoms with E-state index in [0.29, 0.717) is 12.2 Å². The molecule has 172 valence electrons. The summed E-state index contributed by atoms with van der Waals surface area (Å²) in [6.45, 7) is 5.82. The van der Waals surface area contributed by atoms with Crippen LogP contribution in [0.5, 0.6) is 5.75 Å². The van der Waals surface area contributed by atoms with Crippen molar-refractivity contribution < 1.29 is 9.53 Å². The van der Waals surface area contributed by atoms with Crippen molar-refractivity contribution in [2.75, 3.05) is 23.4 Å². The number of nitrogens with zero attached hydrogens (tertiary/aromatic N) is 2. The summed E-state index contributed by atoms with van der Waals surface area (Å²) in [4.78, 5) is 19.9. The van der Waals surface area contributed by atoms with Crippen molar-refractivity contribution >= 4 is 34.0 Å². The van der Waals surface area contributed by atoms with E-state index in [1.807, 2.05) is 48.5 Å². The van der Waals surface area contributed by atoms with Gasteiger partial charge in [-0.2, -0.15) is 0 Å². The van der Waals surface area contributed by atoms with Gasteiger partial charge in [0.05, 0.1) is 12.1 Å². The predicted molar refractivity (Wildman–Crippen MR) is 138 cm³/mol. The lowest BCUT2D eigenvalue weighted by atomic mass is 10.1. The van der Waals surface area contributed by atoms with Crippen LogP contribution in [0.15, 0.2) is 72.8 Å². The van der Waals surface area contributed by atoms with Crippen LogP contribution in [0.3, 0.4) is 0 Å². The number of amides is 1. The molecule has 1 N–H and O–H groups in total. The lowest BCUT2D eigenvalue weighted by Gasteiger charge is -2.19. The van der Waals surface area contributed by atoms with E-state index in [9.17, 15) is 4.79 Å². The van der Waals surface area contributed by atoms with Gasteiger partial charge >= 0.3 is 0 Å². The van der Waals surface area contributed by atoms with Gasteiger partial charge < -0.3 is 15.0 Å². The lowest BCUT2D eigenvalue weighted by molar-refractivity contribution is 0.102. The number of fused-ring (bicyclic) bond motifs is 2. The first-order valence-corrected chi connectivity index (χ1v) is 11.9. The Kier molecular flexibility index (Phi) is 6.17. The van der Waals surface area contributed by atoms with Gasteiger partial charge in [-0.1, -0.05) is 25.5 Å². The molecule has 0 radical (unpaired) electrons. The Morgan fingerprint density at radius 2 is 1.82 bits per heavy atom. The number of carbonyl (C=O) groups excluding carboxylic acids is 1. The molecule has 5 rings (SSSR count). The van der Waals surface area contributed by atoms with Crippen molar-refractivity contribution in [3.63, 3.8) is 0 Å². The van der Waals surface area contributed by atoms with Crippen LogP contribution in [-0.4, -0.2) is 24.0 Å². The van der Waals surface area contributed by atoms with Crippen molar-refractivity contribution in [1.82, 2.24) is 4.98 Å². The number of benzene rings is 3. The van der Waals surface area contributed by atoms with Gasteiger partial charge in [-0.05, 0) is 91.6 Å². The van der Waals surface area contributed by atoms with Crippen molar-refractivity contribution in [3.8, 4) is 5.75 Å². The van der Waals surface area contributed by atoms with Crippen LogP contribution in [0.25, 0.3) is 10.9 Å². The van der Waals surface area contributed by atoms with Gasteiger partial charge in [-0.25, -0.2) is 4.98 Å². The first-order valence-electron chi connectivity index (χ1n) is 11.9. The maximum Gasteiger partial charge on any atom is 0.255 e. The van der Waals surface area contributed by atoms with E-state index < -0.39 is 0 Å². The molecular formula is C29H29N3O2. The zero-order valence-corrected chi connectivity index (χ0v) is 19.7. The Hall–Kier alpha value is -3.86. The number of unbranched alkanes of at least 4 members (excludes halogenated alkanes) is 1. The maximum absolute atomic E-state index is 12.8. The fourth-order valence-corrected chi connectivity index (χ4v) is 4.28. The smallest absolute Gasteiger partial charge is 0.255 e. The largest absolute Gasteiger partial charge is 0.494 e. The molecule has 0 aliphatic carbocycles. The van der Waals surface area contributed by atoms with E-state index >= 15 is 0 Å². The minimum Gasteiger partial charge on any atom is -0.494 e. The van der Waals surface area contributed by atoms with Gasteiger partial charge in [0.1, 0.15) is 11.6 Å². The first kappa shape index (κ1) is 22.0. The van der Waals surface area contributed by atoms with Gasteiger partial charge in [-0.3, -0.25) is 4.79 Å². The molecule has 0 bridgehead atoms. The molecular weight excluding hydrogens is 422 g/mol. The highest BCUT2D eigenvalue weighted by atomic mass is 16.5. The molecule has 4 aromatic rings. The minimum atomic E-state index is -0.132. The number of ether oxygens (including phenoxy) is 1. The van der Waals surface area contributed by atoms with Crippen LogP contribution in [-0.2, 0) is 6.42 Å². The molecule has 2 heterocycles. The predicted octanol–water partition coefficient (Wildman–Crippen LogP) is 6.67. The molecule has 1 aliphatic rings. The van der Waals surface area contributed by atoms with Crippen LogP contribution in [0.2, 0.25) is 0 Å². The van der Waals surface area contributed by atoms with Crippen molar-refractivity contribution in [2.24, 2.45) is 0 Å². The Morgan fingerprint density at radius 1 is 1.03 bits per heavy atom. The Balaban J connectivity index is 1.28. The molecule has 0 spiro atoms. The van der Waals surface area contributed by atoms with Crippen LogP contribution >= 0.6 is 0 Å². The summed E-state index contributed by atoms with van der Waals surface area (Å²) in [5.74, 6) is 1.70. The Labute approximate surface area is 200 Å². The number of aromatic nitrogens is 1. The molecule has 1 amide bonds. The van der Waals surface area contributed by atoms with Crippen LogP contribution < -0.4 is 15.0 Å². The molecule has 0 atom stereocenters. The second-order valence-corrected chi connectivity index (χ2v) is 8.80. The Bertz CT molecular complexity index is 1310. The van der Waals surface area contributed by atoms with E-state index in [4.69, 9.17) is 9.72 Å². The summed E-state index contributed by atoms with van der Waals surface area (Å²) in [5.41, 5.74) is 5.90. The highest BCUT2D eigenvalue weighted by Gasteiger charge is 2.23. The summed E-state index contributed by atoms with van der Waals surface area (Å²) in [7, 11) is 0. The summed E-state index contributed by atoms with van der Waals surface area (Å²) in [6.07, 6.45) is 3.10. The van der Waals surface area contributed by atoms with E-state index in [1.165, 1.54) is 16.5 Å². The molecule has 0 fully saturated rings. The van der Waals surface area contributed by atoms with E-state index in [0.717, 1.165) is 54.3 Å². The van der Waals surface area contributed by atoms with Crippen molar-refractivity contribution in [1.29, 1.82) is 0 Å². The quantitative estimate of drug-likeness (QED) is 0.319. The normalized spacial score (nSPS) is 12.6. The number of hydrogen-bond donors (Lipinski definition) is 1. The molecule has 0 saturated carbocycles. The van der Waals surface area contributed by atoms with Gasteiger partial charge in [0, 0.05) is 28.9 Å². The third-order valence-electron chi connectivity index (χ3n) is 6.21. The van der Waals surface area contributed by atoms with E-state index in [1.54, 1.807) is 0 Å². The van der Waals surface area contributed by atoms with Crippen LogP contribution in [0.4, 0.5) is 17.2 Å². The SMILES string of the molecule is CCCCOc1ccc(NC(=O)c2ccc(N3CCc4cc5ccc(C)cc5nc43)cc2)cc1.